The fourth-order valence-corrected chi connectivity index (χ4v) is 3.56. The van der Waals surface area contributed by atoms with E-state index in [0.717, 1.165) is 14.7 Å². The lowest BCUT2D eigenvalue weighted by Crippen LogP contribution is -2.42. The third-order valence-corrected chi connectivity index (χ3v) is 5.28. The Balaban J connectivity index is 1.75. The Kier molecular flexibility index (Phi) is 6.23. The van der Waals surface area contributed by atoms with Crippen molar-refractivity contribution in [2.75, 3.05) is 12.4 Å². The molecule has 0 unspecified atom stereocenters. The van der Waals surface area contributed by atoms with E-state index in [4.69, 9.17) is 16.3 Å². The number of aryl methyl sites for hydroxylation is 1. The van der Waals surface area contributed by atoms with Gasteiger partial charge >= 0.3 is 5.69 Å². The van der Waals surface area contributed by atoms with Gasteiger partial charge in [0.25, 0.3) is 5.56 Å². The fourth-order valence-electron chi connectivity index (χ4n) is 3.44. The Morgan fingerprint density at radius 2 is 1.79 bits per heavy atom. The molecule has 0 radical (unpaired) electrons. The zero-order valence-corrected chi connectivity index (χ0v) is 18.7. The number of nitrogens with zero attached hydrogens (tertiary/aromatic N) is 4. The second-order valence-electron chi connectivity index (χ2n) is 7.37. The number of aromatic nitrogens is 4. The molecule has 0 fully saturated rings. The van der Waals surface area contributed by atoms with Crippen LogP contribution in [0.1, 0.15) is 11.1 Å². The normalized spacial score (nSPS) is 10.9. The second kappa shape index (κ2) is 9.25. The maximum Gasteiger partial charge on any atom is 0.333 e. The Bertz CT molecular complexity index is 1460. The first-order valence-electron chi connectivity index (χ1n) is 10.0. The quantitative estimate of drug-likeness (QED) is 0.469. The molecule has 0 bridgehead atoms. The number of hydrogen-bond donors (Lipinski definition) is 1. The second-order valence-corrected chi connectivity index (χ2v) is 7.80. The van der Waals surface area contributed by atoms with Crippen LogP contribution in [0.15, 0.2) is 64.4 Å². The van der Waals surface area contributed by atoms with Crippen LogP contribution in [0.2, 0.25) is 5.02 Å². The number of ether oxygens (including phenoxy) is 1. The van der Waals surface area contributed by atoms with E-state index in [1.54, 1.807) is 36.4 Å². The maximum absolute atomic E-state index is 13.3. The topological polar surface area (TPSA) is 108 Å². The Morgan fingerprint density at radius 3 is 2.52 bits per heavy atom. The van der Waals surface area contributed by atoms with Crippen molar-refractivity contribution in [3.63, 3.8) is 0 Å². The molecule has 10 heteroatoms. The van der Waals surface area contributed by atoms with E-state index >= 15 is 0 Å². The molecule has 0 aliphatic rings. The van der Waals surface area contributed by atoms with E-state index in [9.17, 15) is 14.4 Å². The molecule has 4 aromatic rings. The highest BCUT2D eigenvalue weighted by molar-refractivity contribution is 6.30. The average molecular weight is 466 g/mol. The zero-order chi connectivity index (χ0) is 23.5. The maximum atomic E-state index is 13.3. The van der Waals surface area contributed by atoms with Crippen LogP contribution in [0.4, 0.5) is 5.69 Å². The lowest BCUT2D eigenvalue weighted by Gasteiger charge is -2.14. The van der Waals surface area contributed by atoms with Crippen LogP contribution in [0.25, 0.3) is 11.2 Å². The van der Waals surface area contributed by atoms with E-state index in [1.807, 2.05) is 13.0 Å². The first kappa shape index (κ1) is 22.2. The highest BCUT2D eigenvalue weighted by Gasteiger charge is 2.18. The molecule has 0 aliphatic heterocycles. The molecular formula is C23H20ClN5O4. The van der Waals surface area contributed by atoms with Crippen LogP contribution >= 0.6 is 11.6 Å². The van der Waals surface area contributed by atoms with Gasteiger partial charge in [-0.15, -0.1) is 0 Å². The Labute approximate surface area is 193 Å². The number of benzene rings is 2. The molecule has 0 saturated carbocycles. The fraction of sp³-hybridized carbons (Fsp3) is 0.174. The number of amides is 1. The highest BCUT2D eigenvalue weighted by Crippen LogP contribution is 2.25. The summed E-state index contributed by atoms with van der Waals surface area (Å²) in [5.41, 5.74) is 0.862. The minimum Gasteiger partial charge on any atom is -0.495 e. The first-order chi connectivity index (χ1) is 15.9. The summed E-state index contributed by atoms with van der Waals surface area (Å²) in [5.74, 6) is 0.00306. The average Bonchev–Trinajstić information content (AvgIpc) is 2.81. The van der Waals surface area contributed by atoms with Crippen LogP contribution in [0.3, 0.4) is 0 Å². The zero-order valence-electron chi connectivity index (χ0n) is 17.9. The number of fused-ring (bicyclic) bond motifs is 1. The molecule has 33 heavy (non-hydrogen) atoms. The molecule has 0 saturated heterocycles. The van der Waals surface area contributed by atoms with Gasteiger partial charge in [-0.1, -0.05) is 29.8 Å². The van der Waals surface area contributed by atoms with Gasteiger partial charge in [-0.25, -0.2) is 14.8 Å². The summed E-state index contributed by atoms with van der Waals surface area (Å²) < 4.78 is 7.46. The molecule has 2 heterocycles. The number of rotatable bonds is 6. The summed E-state index contributed by atoms with van der Waals surface area (Å²) in [4.78, 5) is 47.4. The predicted octanol–water partition coefficient (Wildman–Crippen LogP) is 2.61. The van der Waals surface area contributed by atoms with Gasteiger partial charge in [0, 0.05) is 17.4 Å². The van der Waals surface area contributed by atoms with Crippen molar-refractivity contribution in [2.24, 2.45) is 0 Å². The molecular weight excluding hydrogens is 446 g/mol. The molecule has 2 aromatic heterocycles. The number of methoxy groups -OCH3 is 1. The summed E-state index contributed by atoms with van der Waals surface area (Å²) in [6, 6.07) is 12.1. The molecule has 0 atom stereocenters. The van der Waals surface area contributed by atoms with Crippen molar-refractivity contribution in [1.82, 2.24) is 19.1 Å². The molecule has 4 rings (SSSR count). The molecule has 1 N–H and O–H groups in total. The molecule has 0 aliphatic carbocycles. The summed E-state index contributed by atoms with van der Waals surface area (Å²) in [5, 5.41) is 3.30. The SMILES string of the molecule is COc1ccc(C)cc1NC(=O)Cn1c(=O)n(Cc2ccc(Cl)cc2)c(=O)c2nccnc21. The summed E-state index contributed by atoms with van der Waals surface area (Å²) in [6.07, 6.45) is 2.73. The van der Waals surface area contributed by atoms with Crippen LogP contribution < -0.4 is 21.3 Å². The van der Waals surface area contributed by atoms with Gasteiger partial charge in [-0.3, -0.25) is 18.7 Å². The highest BCUT2D eigenvalue weighted by atomic mass is 35.5. The lowest BCUT2D eigenvalue weighted by molar-refractivity contribution is -0.116. The van der Waals surface area contributed by atoms with Crippen LogP contribution in [0.5, 0.6) is 5.75 Å². The van der Waals surface area contributed by atoms with Gasteiger partial charge in [0.2, 0.25) is 5.91 Å². The number of halogens is 1. The Morgan fingerprint density at radius 1 is 1.06 bits per heavy atom. The number of anilines is 1. The molecule has 1 amide bonds. The molecule has 2 aromatic carbocycles. The number of hydrogen-bond acceptors (Lipinski definition) is 6. The van der Waals surface area contributed by atoms with Gasteiger partial charge < -0.3 is 10.1 Å². The van der Waals surface area contributed by atoms with Crippen molar-refractivity contribution in [3.8, 4) is 5.75 Å². The van der Waals surface area contributed by atoms with Gasteiger partial charge in [0.05, 0.1) is 19.3 Å². The molecule has 168 valence electrons. The van der Waals surface area contributed by atoms with Crippen molar-refractivity contribution >= 4 is 34.4 Å². The molecule has 0 spiro atoms. The monoisotopic (exact) mass is 465 g/mol. The standard InChI is InChI=1S/C23H20ClN5O4/c1-14-3-8-18(33-2)17(11-14)27-19(30)13-28-21-20(25-9-10-26-21)22(31)29(23(28)32)12-15-4-6-16(24)7-5-15/h3-11H,12-13H2,1-2H3,(H,27,30). The van der Waals surface area contributed by atoms with Gasteiger partial charge in [0.15, 0.2) is 11.2 Å². The summed E-state index contributed by atoms with van der Waals surface area (Å²) in [6.45, 7) is 1.51. The van der Waals surface area contributed by atoms with Crippen molar-refractivity contribution in [3.05, 3.63) is 91.8 Å². The lowest BCUT2D eigenvalue weighted by atomic mass is 10.2. The van der Waals surface area contributed by atoms with Crippen molar-refractivity contribution < 1.29 is 9.53 Å². The van der Waals surface area contributed by atoms with Gasteiger partial charge in [0.1, 0.15) is 12.3 Å². The van der Waals surface area contributed by atoms with E-state index < -0.39 is 17.2 Å². The third-order valence-electron chi connectivity index (χ3n) is 5.03. The van der Waals surface area contributed by atoms with Crippen molar-refractivity contribution in [1.29, 1.82) is 0 Å². The number of nitrogens with one attached hydrogen (secondary N) is 1. The molecule has 9 nitrogen and oxygen atoms in total. The van der Waals surface area contributed by atoms with Crippen LogP contribution in [0, 0.1) is 6.92 Å². The number of carbonyl (C=O) groups excluding carboxylic acids is 1. The van der Waals surface area contributed by atoms with Crippen LogP contribution in [-0.2, 0) is 17.9 Å². The Hall–Kier alpha value is -3.98. The minimum absolute atomic E-state index is 0.00529. The smallest absolute Gasteiger partial charge is 0.333 e. The van der Waals surface area contributed by atoms with Crippen molar-refractivity contribution in [2.45, 2.75) is 20.0 Å². The largest absolute Gasteiger partial charge is 0.495 e. The summed E-state index contributed by atoms with van der Waals surface area (Å²) in [7, 11) is 1.50. The van der Waals surface area contributed by atoms with Gasteiger partial charge in [-0.05, 0) is 42.3 Å². The van der Waals surface area contributed by atoms with Crippen LogP contribution in [-0.4, -0.2) is 32.1 Å². The van der Waals surface area contributed by atoms with E-state index in [-0.39, 0.29) is 24.3 Å². The van der Waals surface area contributed by atoms with E-state index in [2.05, 4.69) is 15.3 Å². The van der Waals surface area contributed by atoms with E-state index in [0.29, 0.717) is 22.0 Å². The van der Waals surface area contributed by atoms with Gasteiger partial charge in [-0.2, -0.15) is 0 Å². The first-order valence-corrected chi connectivity index (χ1v) is 10.4. The summed E-state index contributed by atoms with van der Waals surface area (Å²) >= 11 is 5.93. The number of carbonyl (C=O) groups is 1. The minimum atomic E-state index is -0.672. The third kappa shape index (κ3) is 4.63. The van der Waals surface area contributed by atoms with E-state index in [1.165, 1.54) is 19.5 Å². The predicted molar refractivity (Wildman–Crippen MR) is 125 cm³/mol.